The van der Waals surface area contributed by atoms with Crippen molar-refractivity contribution in [3.05, 3.63) is 78.6 Å². The van der Waals surface area contributed by atoms with Gasteiger partial charge in [0.05, 0.1) is 30.2 Å². The molecule has 3 aromatic rings. The number of ether oxygens (including phenoxy) is 1. The second-order valence-electron chi connectivity index (χ2n) is 6.32. The number of carbonyl (C=O) groups is 1. The number of hydrogen-bond donors (Lipinski definition) is 0. The Balaban J connectivity index is 1.57. The van der Waals surface area contributed by atoms with Gasteiger partial charge in [-0.2, -0.15) is 0 Å². The number of carbonyl (C=O) groups excluding carboxylic acids is 1. The molecule has 26 heavy (non-hydrogen) atoms. The van der Waals surface area contributed by atoms with Gasteiger partial charge in [0.2, 0.25) is 0 Å². The quantitative estimate of drug-likeness (QED) is 0.727. The Morgan fingerprint density at radius 2 is 2.00 bits per heavy atom. The van der Waals surface area contributed by atoms with E-state index in [0.717, 1.165) is 24.4 Å². The summed E-state index contributed by atoms with van der Waals surface area (Å²) >= 11 is 0. The molecule has 0 radical (unpaired) electrons. The van der Waals surface area contributed by atoms with E-state index < -0.39 is 0 Å². The van der Waals surface area contributed by atoms with Crippen molar-refractivity contribution >= 4 is 5.91 Å². The molecule has 4 rings (SSSR count). The van der Waals surface area contributed by atoms with Crippen LogP contribution in [0.5, 0.6) is 5.75 Å². The predicted molar refractivity (Wildman–Crippen MR) is 96.7 cm³/mol. The van der Waals surface area contributed by atoms with E-state index >= 15 is 0 Å². The molecule has 0 N–H and O–H groups in total. The summed E-state index contributed by atoms with van der Waals surface area (Å²) in [7, 11) is 0. The third-order valence-electron chi connectivity index (χ3n) is 4.63. The van der Waals surface area contributed by atoms with E-state index in [1.165, 1.54) is 0 Å². The minimum atomic E-state index is -0.0330. The van der Waals surface area contributed by atoms with Crippen molar-refractivity contribution in [1.82, 2.24) is 19.4 Å². The first-order valence-electron chi connectivity index (χ1n) is 8.69. The lowest BCUT2D eigenvalue weighted by molar-refractivity contribution is 0.0588. The van der Waals surface area contributed by atoms with Crippen LogP contribution in [-0.4, -0.2) is 38.0 Å². The summed E-state index contributed by atoms with van der Waals surface area (Å²) in [5.41, 5.74) is 1.62. The van der Waals surface area contributed by atoms with Gasteiger partial charge in [-0.05, 0) is 30.7 Å². The lowest BCUT2D eigenvalue weighted by Crippen LogP contribution is -2.42. The van der Waals surface area contributed by atoms with Gasteiger partial charge in [0.25, 0.3) is 5.91 Å². The maximum absolute atomic E-state index is 13.1. The van der Waals surface area contributed by atoms with Crippen LogP contribution in [0.25, 0.3) is 0 Å². The number of pyridine rings is 1. The molecule has 2 aromatic heterocycles. The highest BCUT2D eigenvalue weighted by Crippen LogP contribution is 2.21. The van der Waals surface area contributed by atoms with E-state index in [9.17, 15) is 4.79 Å². The van der Waals surface area contributed by atoms with Gasteiger partial charge < -0.3 is 14.2 Å². The second kappa shape index (κ2) is 7.39. The standard InChI is InChI=1S/C20H20N4O2/c25-20(16-5-4-9-21-11-16)24-13-18-12-22-15-23(18)10-8-17(24)14-26-19-6-2-1-3-7-19/h1-7,9,11-12,15,17H,8,10,13-14H2. The van der Waals surface area contributed by atoms with Crippen LogP contribution in [0.15, 0.2) is 67.4 Å². The second-order valence-corrected chi connectivity index (χ2v) is 6.32. The summed E-state index contributed by atoms with van der Waals surface area (Å²) in [5, 5.41) is 0. The summed E-state index contributed by atoms with van der Waals surface area (Å²) < 4.78 is 8.06. The van der Waals surface area contributed by atoms with Crippen molar-refractivity contribution in [1.29, 1.82) is 0 Å². The van der Waals surface area contributed by atoms with Gasteiger partial charge in [-0.3, -0.25) is 9.78 Å². The van der Waals surface area contributed by atoms with E-state index in [2.05, 4.69) is 14.5 Å². The Hall–Kier alpha value is -3.15. The van der Waals surface area contributed by atoms with Gasteiger partial charge in [0, 0.05) is 25.1 Å². The molecule has 6 heteroatoms. The van der Waals surface area contributed by atoms with Crippen LogP contribution < -0.4 is 4.74 Å². The molecule has 1 atom stereocenters. The van der Waals surface area contributed by atoms with E-state index in [-0.39, 0.29) is 11.9 Å². The Morgan fingerprint density at radius 1 is 1.12 bits per heavy atom. The zero-order valence-corrected chi connectivity index (χ0v) is 14.4. The summed E-state index contributed by atoms with van der Waals surface area (Å²) in [6.45, 7) is 1.78. The molecule has 3 heterocycles. The molecule has 0 spiro atoms. The van der Waals surface area contributed by atoms with Crippen molar-refractivity contribution in [2.75, 3.05) is 6.61 Å². The Morgan fingerprint density at radius 3 is 2.81 bits per heavy atom. The molecule has 6 nitrogen and oxygen atoms in total. The molecule has 0 fully saturated rings. The normalized spacial score (nSPS) is 16.6. The molecule has 1 aromatic carbocycles. The van der Waals surface area contributed by atoms with Crippen LogP contribution in [0.1, 0.15) is 22.5 Å². The van der Waals surface area contributed by atoms with Crippen LogP contribution in [0.4, 0.5) is 0 Å². The van der Waals surface area contributed by atoms with Gasteiger partial charge in [-0.25, -0.2) is 4.98 Å². The van der Waals surface area contributed by atoms with Crippen LogP contribution in [0.2, 0.25) is 0 Å². The monoisotopic (exact) mass is 348 g/mol. The molecular weight excluding hydrogens is 328 g/mol. The fraction of sp³-hybridized carbons (Fsp3) is 0.250. The molecule has 1 aliphatic heterocycles. The van der Waals surface area contributed by atoms with E-state index in [1.807, 2.05) is 47.8 Å². The van der Waals surface area contributed by atoms with Crippen molar-refractivity contribution in [2.24, 2.45) is 0 Å². The first-order valence-corrected chi connectivity index (χ1v) is 8.69. The summed E-state index contributed by atoms with van der Waals surface area (Å²) in [5.74, 6) is 0.779. The highest BCUT2D eigenvalue weighted by Gasteiger charge is 2.29. The topological polar surface area (TPSA) is 60.2 Å². The first-order chi connectivity index (χ1) is 12.8. The average Bonchev–Trinajstić information content (AvgIpc) is 3.07. The largest absolute Gasteiger partial charge is 0.491 e. The highest BCUT2D eigenvalue weighted by molar-refractivity contribution is 5.94. The van der Waals surface area contributed by atoms with E-state index in [0.29, 0.717) is 18.7 Å². The minimum absolute atomic E-state index is 0.0252. The summed E-state index contributed by atoms with van der Waals surface area (Å²) in [6.07, 6.45) is 7.73. The highest BCUT2D eigenvalue weighted by atomic mass is 16.5. The van der Waals surface area contributed by atoms with Crippen molar-refractivity contribution in [2.45, 2.75) is 25.6 Å². The van der Waals surface area contributed by atoms with Crippen LogP contribution in [-0.2, 0) is 13.1 Å². The predicted octanol–water partition coefficient (Wildman–Crippen LogP) is 2.77. The zero-order chi connectivity index (χ0) is 17.8. The number of benzene rings is 1. The Labute approximate surface area is 152 Å². The Bertz CT molecular complexity index is 864. The first kappa shape index (κ1) is 16.3. The molecule has 0 aliphatic carbocycles. The van der Waals surface area contributed by atoms with Crippen molar-refractivity contribution < 1.29 is 9.53 Å². The summed E-state index contributed by atoms with van der Waals surface area (Å²) in [6, 6.07) is 13.3. The van der Waals surface area contributed by atoms with Gasteiger partial charge in [0.1, 0.15) is 12.4 Å². The SMILES string of the molecule is O=C(c1cccnc1)N1Cc2cncn2CCC1COc1ccccc1. The van der Waals surface area contributed by atoms with Gasteiger partial charge in [-0.15, -0.1) is 0 Å². The number of fused-ring (bicyclic) bond motifs is 1. The number of rotatable bonds is 4. The molecule has 132 valence electrons. The third-order valence-corrected chi connectivity index (χ3v) is 4.63. The fourth-order valence-electron chi connectivity index (χ4n) is 3.20. The molecule has 1 amide bonds. The van der Waals surface area contributed by atoms with Gasteiger partial charge in [-0.1, -0.05) is 18.2 Å². The molecule has 1 aliphatic rings. The lowest BCUT2D eigenvalue weighted by atomic mass is 10.1. The smallest absolute Gasteiger partial charge is 0.256 e. The van der Waals surface area contributed by atoms with Crippen LogP contribution >= 0.6 is 0 Å². The number of hydrogen-bond acceptors (Lipinski definition) is 4. The number of amides is 1. The fourth-order valence-corrected chi connectivity index (χ4v) is 3.20. The molecule has 0 saturated carbocycles. The van der Waals surface area contributed by atoms with Gasteiger partial charge >= 0.3 is 0 Å². The number of nitrogens with zero attached hydrogens (tertiary/aromatic N) is 4. The maximum atomic E-state index is 13.1. The molecule has 0 saturated heterocycles. The van der Waals surface area contributed by atoms with Crippen LogP contribution in [0, 0.1) is 0 Å². The number of aromatic nitrogens is 3. The minimum Gasteiger partial charge on any atom is -0.491 e. The van der Waals surface area contributed by atoms with Crippen molar-refractivity contribution in [3.8, 4) is 5.75 Å². The molecular formula is C20H20N4O2. The summed E-state index contributed by atoms with van der Waals surface area (Å²) in [4.78, 5) is 23.3. The third kappa shape index (κ3) is 3.44. The number of para-hydroxylation sites is 1. The molecule has 0 bridgehead atoms. The van der Waals surface area contributed by atoms with Crippen LogP contribution in [0.3, 0.4) is 0 Å². The Kier molecular flexibility index (Phi) is 4.64. The van der Waals surface area contributed by atoms with Crippen molar-refractivity contribution in [3.63, 3.8) is 0 Å². The van der Waals surface area contributed by atoms with E-state index in [1.54, 1.807) is 24.5 Å². The average molecular weight is 348 g/mol. The molecule has 1 unspecified atom stereocenters. The zero-order valence-electron chi connectivity index (χ0n) is 14.4. The van der Waals surface area contributed by atoms with Gasteiger partial charge in [0.15, 0.2) is 0 Å². The van der Waals surface area contributed by atoms with E-state index in [4.69, 9.17) is 4.74 Å². The maximum Gasteiger partial charge on any atom is 0.256 e. The number of aryl methyl sites for hydroxylation is 1. The lowest BCUT2D eigenvalue weighted by Gasteiger charge is -2.29. The number of imidazole rings is 1.